The van der Waals surface area contributed by atoms with E-state index < -0.39 is 6.04 Å². The van der Waals surface area contributed by atoms with E-state index in [1.165, 1.54) is 17.6 Å². The molecule has 8 heteroatoms. The predicted octanol–water partition coefficient (Wildman–Crippen LogP) is 3.03. The van der Waals surface area contributed by atoms with Crippen LogP contribution in [-0.4, -0.2) is 23.8 Å². The lowest BCUT2D eigenvalue weighted by atomic mass is 10.2. The van der Waals surface area contributed by atoms with Crippen molar-refractivity contribution >= 4 is 34.7 Å². The summed E-state index contributed by atoms with van der Waals surface area (Å²) in [5, 5.41) is 9.97. The first-order valence-corrected chi connectivity index (χ1v) is 9.47. The molecule has 7 nitrogen and oxygen atoms in total. The largest absolute Gasteiger partial charge is 0.459 e. The Bertz CT molecular complexity index is 935. The molecule has 0 aliphatic heterocycles. The van der Waals surface area contributed by atoms with Gasteiger partial charge in [0.2, 0.25) is 5.91 Å². The normalized spacial score (nSPS) is 11.5. The van der Waals surface area contributed by atoms with Crippen LogP contribution in [0.5, 0.6) is 0 Å². The van der Waals surface area contributed by atoms with Gasteiger partial charge in [0.25, 0.3) is 11.8 Å². The molecule has 0 saturated heterocycles. The Kier molecular flexibility index (Phi) is 6.23. The highest BCUT2D eigenvalue weighted by molar-refractivity contribution is 7.12. The van der Waals surface area contributed by atoms with Crippen molar-refractivity contribution in [2.45, 2.75) is 19.5 Å². The maximum absolute atomic E-state index is 12.2. The zero-order chi connectivity index (χ0) is 19.9. The van der Waals surface area contributed by atoms with Gasteiger partial charge in [-0.25, -0.2) is 0 Å². The molecule has 3 amide bonds. The summed E-state index contributed by atoms with van der Waals surface area (Å²) in [6, 6.07) is 13.1. The second-order valence-electron chi connectivity index (χ2n) is 6.02. The number of furan rings is 1. The summed E-state index contributed by atoms with van der Waals surface area (Å²) in [4.78, 5) is 36.6. The van der Waals surface area contributed by atoms with Gasteiger partial charge in [-0.15, -0.1) is 11.3 Å². The third kappa shape index (κ3) is 5.08. The Morgan fingerprint density at radius 2 is 1.82 bits per heavy atom. The van der Waals surface area contributed by atoms with Gasteiger partial charge < -0.3 is 20.4 Å². The highest BCUT2D eigenvalue weighted by Gasteiger charge is 2.16. The van der Waals surface area contributed by atoms with Crippen molar-refractivity contribution in [3.05, 3.63) is 76.4 Å². The van der Waals surface area contributed by atoms with Gasteiger partial charge in [-0.05, 0) is 48.2 Å². The highest BCUT2D eigenvalue weighted by Crippen LogP contribution is 2.12. The van der Waals surface area contributed by atoms with E-state index in [1.807, 2.05) is 0 Å². The van der Waals surface area contributed by atoms with E-state index in [0.29, 0.717) is 17.1 Å². The van der Waals surface area contributed by atoms with E-state index in [2.05, 4.69) is 16.0 Å². The maximum atomic E-state index is 12.2. The standard InChI is InChI=1S/C20H19N3O4S/c1-13(22-20(26)17-5-3-11-28-17)18(24)21-12-14-6-8-15(9-7-14)23-19(25)16-4-2-10-27-16/h2-11,13H,12H2,1H3,(H,21,24)(H,22,26)(H,23,25). The number of hydrogen-bond acceptors (Lipinski definition) is 5. The van der Waals surface area contributed by atoms with E-state index >= 15 is 0 Å². The van der Waals surface area contributed by atoms with E-state index in [-0.39, 0.29) is 23.5 Å². The van der Waals surface area contributed by atoms with Gasteiger partial charge in [-0.2, -0.15) is 0 Å². The molecule has 0 radical (unpaired) electrons. The summed E-state index contributed by atoms with van der Waals surface area (Å²) in [5.74, 6) is -0.648. The number of benzene rings is 1. The molecule has 0 fully saturated rings. The highest BCUT2D eigenvalue weighted by atomic mass is 32.1. The van der Waals surface area contributed by atoms with Crippen LogP contribution in [0.1, 0.15) is 32.7 Å². The smallest absolute Gasteiger partial charge is 0.291 e. The van der Waals surface area contributed by atoms with Gasteiger partial charge in [0.1, 0.15) is 6.04 Å². The molecule has 1 unspecified atom stereocenters. The summed E-state index contributed by atoms with van der Waals surface area (Å²) >= 11 is 1.32. The van der Waals surface area contributed by atoms with E-state index in [1.54, 1.807) is 60.8 Å². The van der Waals surface area contributed by atoms with Crippen molar-refractivity contribution < 1.29 is 18.8 Å². The molecule has 3 N–H and O–H groups in total. The van der Waals surface area contributed by atoms with Crippen molar-refractivity contribution in [1.29, 1.82) is 0 Å². The lowest BCUT2D eigenvalue weighted by Gasteiger charge is -2.14. The Labute approximate surface area is 165 Å². The van der Waals surface area contributed by atoms with Crippen molar-refractivity contribution in [3.63, 3.8) is 0 Å². The third-order valence-corrected chi connectivity index (χ3v) is 4.78. The minimum atomic E-state index is -0.651. The summed E-state index contributed by atoms with van der Waals surface area (Å²) in [5.41, 5.74) is 1.48. The minimum Gasteiger partial charge on any atom is -0.459 e. The zero-order valence-electron chi connectivity index (χ0n) is 15.1. The summed E-state index contributed by atoms with van der Waals surface area (Å²) in [6.07, 6.45) is 1.44. The van der Waals surface area contributed by atoms with Crippen LogP contribution in [0.2, 0.25) is 0 Å². The monoisotopic (exact) mass is 397 g/mol. The molecule has 0 aliphatic carbocycles. The summed E-state index contributed by atoms with van der Waals surface area (Å²) in [6.45, 7) is 1.94. The fourth-order valence-corrected chi connectivity index (χ4v) is 3.02. The fraction of sp³-hybridized carbons (Fsp3) is 0.150. The van der Waals surface area contributed by atoms with E-state index in [4.69, 9.17) is 4.42 Å². The molecule has 3 rings (SSSR count). The second kappa shape index (κ2) is 9.01. The third-order valence-electron chi connectivity index (χ3n) is 3.91. The minimum absolute atomic E-state index is 0.231. The van der Waals surface area contributed by atoms with Crippen LogP contribution in [0.4, 0.5) is 5.69 Å². The van der Waals surface area contributed by atoms with Crippen LogP contribution in [0, 0.1) is 0 Å². The Hall–Kier alpha value is -3.39. The number of amides is 3. The maximum Gasteiger partial charge on any atom is 0.291 e. The SMILES string of the molecule is CC(NC(=O)c1cccs1)C(=O)NCc1ccc(NC(=O)c2ccco2)cc1. The summed E-state index contributed by atoms with van der Waals surface area (Å²) in [7, 11) is 0. The van der Waals surface area contributed by atoms with Gasteiger partial charge in [-0.1, -0.05) is 18.2 Å². The van der Waals surface area contributed by atoms with Crippen LogP contribution in [0.3, 0.4) is 0 Å². The topological polar surface area (TPSA) is 100 Å². The van der Waals surface area contributed by atoms with Crippen LogP contribution >= 0.6 is 11.3 Å². The molecule has 1 aromatic carbocycles. The van der Waals surface area contributed by atoms with Gasteiger partial charge >= 0.3 is 0 Å². The van der Waals surface area contributed by atoms with E-state index in [9.17, 15) is 14.4 Å². The van der Waals surface area contributed by atoms with Crippen molar-refractivity contribution in [2.75, 3.05) is 5.32 Å². The summed E-state index contributed by atoms with van der Waals surface area (Å²) < 4.78 is 5.04. The van der Waals surface area contributed by atoms with E-state index in [0.717, 1.165) is 5.56 Å². The number of carbonyl (C=O) groups excluding carboxylic acids is 3. The first-order chi connectivity index (χ1) is 13.5. The first-order valence-electron chi connectivity index (χ1n) is 8.59. The second-order valence-corrected chi connectivity index (χ2v) is 6.97. The zero-order valence-corrected chi connectivity index (χ0v) is 15.9. The predicted molar refractivity (Wildman–Crippen MR) is 106 cm³/mol. The first kappa shape index (κ1) is 19.4. The number of carbonyl (C=O) groups is 3. The number of nitrogens with one attached hydrogen (secondary N) is 3. The number of rotatable bonds is 7. The molecule has 144 valence electrons. The number of hydrogen-bond donors (Lipinski definition) is 3. The van der Waals surface area contributed by atoms with Crippen LogP contribution in [0.15, 0.2) is 64.6 Å². The van der Waals surface area contributed by atoms with Gasteiger partial charge in [0.05, 0.1) is 11.1 Å². The quantitative estimate of drug-likeness (QED) is 0.570. The van der Waals surface area contributed by atoms with Crippen molar-refractivity contribution in [2.24, 2.45) is 0 Å². The molecule has 0 spiro atoms. The number of thiophene rings is 1. The molecule has 0 saturated carbocycles. The van der Waals surface area contributed by atoms with Gasteiger partial charge in [-0.3, -0.25) is 14.4 Å². The molecule has 1 atom stereocenters. The van der Waals surface area contributed by atoms with Gasteiger partial charge in [0, 0.05) is 12.2 Å². The average Bonchev–Trinajstić information content (AvgIpc) is 3.40. The lowest BCUT2D eigenvalue weighted by Crippen LogP contribution is -2.44. The molecule has 2 heterocycles. The molecule has 0 aliphatic rings. The number of anilines is 1. The fourth-order valence-electron chi connectivity index (χ4n) is 2.39. The van der Waals surface area contributed by atoms with Gasteiger partial charge in [0.15, 0.2) is 5.76 Å². The molecule has 3 aromatic rings. The van der Waals surface area contributed by atoms with Crippen molar-refractivity contribution in [1.82, 2.24) is 10.6 Å². The Morgan fingerprint density at radius 3 is 2.46 bits per heavy atom. The molecule has 28 heavy (non-hydrogen) atoms. The van der Waals surface area contributed by atoms with Crippen LogP contribution in [-0.2, 0) is 11.3 Å². The lowest BCUT2D eigenvalue weighted by molar-refractivity contribution is -0.122. The molecular formula is C20H19N3O4S. The Balaban J connectivity index is 1.46. The average molecular weight is 397 g/mol. The van der Waals surface area contributed by atoms with Crippen LogP contribution < -0.4 is 16.0 Å². The molecular weight excluding hydrogens is 378 g/mol. The molecule has 0 bridgehead atoms. The van der Waals surface area contributed by atoms with Crippen molar-refractivity contribution in [3.8, 4) is 0 Å². The van der Waals surface area contributed by atoms with Crippen LogP contribution in [0.25, 0.3) is 0 Å². The Morgan fingerprint density at radius 1 is 1.04 bits per heavy atom. The molecule has 2 aromatic heterocycles.